The summed E-state index contributed by atoms with van der Waals surface area (Å²) in [5.74, 6) is -2.38. The third-order valence-electron chi connectivity index (χ3n) is 4.43. The molecule has 0 aliphatic heterocycles. The Hall–Kier alpha value is -3.47. The molecule has 0 saturated heterocycles. The van der Waals surface area contributed by atoms with Gasteiger partial charge >= 0.3 is 6.08 Å². The SMILES string of the molecule is CCc1cccc(Oc2nc(C(=O)N[C@H](C)c3cc(F)c(NS(C)(=O)=O)c(F)c3)co2)c1. The summed E-state index contributed by atoms with van der Waals surface area (Å²) in [5.41, 5.74) is 0.261. The van der Waals surface area contributed by atoms with Crippen LogP contribution in [0.2, 0.25) is 0 Å². The fourth-order valence-corrected chi connectivity index (χ4v) is 3.38. The number of nitrogens with zero attached hydrogens (tertiary/aromatic N) is 1. The Kier molecular flexibility index (Phi) is 6.78. The van der Waals surface area contributed by atoms with E-state index in [-0.39, 0.29) is 17.3 Å². The van der Waals surface area contributed by atoms with Crippen molar-refractivity contribution in [1.29, 1.82) is 0 Å². The Morgan fingerprint density at radius 3 is 2.53 bits per heavy atom. The number of halogens is 2. The summed E-state index contributed by atoms with van der Waals surface area (Å²) in [6, 6.07) is 8.34. The van der Waals surface area contributed by atoms with Gasteiger partial charge in [-0.25, -0.2) is 17.2 Å². The molecule has 1 heterocycles. The molecule has 0 spiro atoms. The minimum absolute atomic E-state index is 0.0868. The molecule has 0 aliphatic rings. The Bertz CT molecular complexity index is 1220. The first-order chi connectivity index (χ1) is 15.1. The predicted molar refractivity (Wildman–Crippen MR) is 113 cm³/mol. The molecule has 170 valence electrons. The van der Waals surface area contributed by atoms with Crippen molar-refractivity contribution in [1.82, 2.24) is 10.3 Å². The number of hydrogen-bond acceptors (Lipinski definition) is 6. The van der Waals surface area contributed by atoms with Crippen LogP contribution in [-0.4, -0.2) is 25.6 Å². The highest BCUT2D eigenvalue weighted by Crippen LogP contribution is 2.26. The van der Waals surface area contributed by atoms with E-state index in [2.05, 4.69) is 10.3 Å². The van der Waals surface area contributed by atoms with Gasteiger partial charge in [-0.1, -0.05) is 19.1 Å². The number of ether oxygens (including phenoxy) is 1. The van der Waals surface area contributed by atoms with Crippen LogP contribution in [0.3, 0.4) is 0 Å². The summed E-state index contributed by atoms with van der Waals surface area (Å²) in [7, 11) is -3.87. The molecular formula is C21H21F2N3O5S. The number of oxazole rings is 1. The zero-order chi connectivity index (χ0) is 23.5. The van der Waals surface area contributed by atoms with Crippen molar-refractivity contribution in [3.63, 3.8) is 0 Å². The number of aromatic nitrogens is 1. The molecule has 3 rings (SSSR count). The summed E-state index contributed by atoms with van der Waals surface area (Å²) in [6.45, 7) is 3.50. The molecule has 11 heteroatoms. The highest BCUT2D eigenvalue weighted by atomic mass is 32.2. The maximum Gasteiger partial charge on any atom is 0.399 e. The Labute approximate surface area is 183 Å². The summed E-state index contributed by atoms with van der Waals surface area (Å²) in [5, 5.41) is 2.54. The summed E-state index contributed by atoms with van der Waals surface area (Å²) < 4.78 is 63.4. The van der Waals surface area contributed by atoms with Gasteiger partial charge in [-0.3, -0.25) is 9.52 Å². The number of carbonyl (C=O) groups is 1. The second-order valence-corrected chi connectivity index (χ2v) is 8.78. The average molecular weight is 465 g/mol. The zero-order valence-corrected chi connectivity index (χ0v) is 18.3. The molecule has 8 nitrogen and oxygen atoms in total. The molecule has 2 N–H and O–H groups in total. The van der Waals surface area contributed by atoms with Gasteiger partial charge < -0.3 is 14.5 Å². The summed E-state index contributed by atoms with van der Waals surface area (Å²) in [6.07, 6.45) is 2.56. The van der Waals surface area contributed by atoms with Crippen molar-refractivity contribution in [2.45, 2.75) is 26.3 Å². The number of benzene rings is 2. The zero-order valence-electron chi connectivity index (χ0n) is 17.5. The molecule has 1 amide bonds. The number of amides is 1. The first-order valence-electron chi connectivity index (χ1n) is 9.55. The maximum atomic E-state index is 14.2. The molecule has 0 unspecified atom stereocenters. The Morgan fingerprint density at radius 2 is 1.91 bits per heavy atom. The number of hydrogen-bond donors (Lipinski definition) is 2. The number of anilines is 1. The van der Waals surface area contributed by atoms with Crippen LogP contribution in [0.25, 0.3) is 0 Å². The minimum Gasteiger partial charge on any atom is -0.416 e. The van der Waals surface area contributed by atoms with Crippen LogP contribution in [0.4, 0.5) is 14.5 Å². The lowest BCUT2D eigenvalue weighted by molar-refractivity contribution is 0.0934. The van der Waals surface area contributed by atoms with Gasteiger partial charge in [-0.2, -0.15) is 4.98 Å². The smallest absolute Gasteiger partial charge is 0.399 e. The fraction of sp³-hybridized carbons (Fsp3) is 0.238. The van der Waals surface area contributed by atoms with Gasteiger partial charge in [0.2, 0.25) is 10.0 Å². The standard InChI is InChI=1S/C21H21F2N3O5S/c1-4-13-6-5-7-15(8-13)31-21-25-18(11-30-21)20(27)24-12(2)14-9-16(22)19(17(23)10-14)26-32(3,28)29/h5-12,26H,4H2,1-3H3,(H,24,27)/t12-/m1/s1. The van der Waals surface area contributed by atoms with E-state index in [0.717, 1.165) is 36.6 Å². The van der Waals surface area contributed by atoms with Crippen molar-refractivity contribution < 1.29 is 31.1 Å². The van der Waals surface area contributed by atoms with Crippen LogP contribution in [0.1, 0.15) is 41.5 Å². The molecule has 0 saturated carbocycles. The fourth-order valence-electron chi connectivity index (χ4n) is 2.82. The van der Waals surface area contributed by atoms with E-state index in [4.69, 9.17) is 9.15 Å². The van der Waals surface area contributed by atoms with Gasteiger partial charge in [-0.05, 0) is 48.7 Å². The number of carbonyl (C=O) groups excluding carboxylic acids is 1. The number of nitrogens with one attached hydrogen (secondary N) is 2. The molecule has 0 aliphatic carbocycles. The van der Waals surface area contributed by atoms with Crippen molar-refractivity contribution >= 4 is 21.6 Å². The first kappa shape index (κ1) is 23.2. The monoisotopic (exact) mass is 465 g/mol. The van der Waals surface area contributed by atoms with Crippen LogP contribution < -0.4 is 14.8 Å². The normalized spacial score (nSPS) is 12.3. The van der Waals surface area contributed by atoms with Crippen LogP contribution in [-0.2, 0) is 16.4 Å². The largest absolute Gasteiger partial charge is 0.416 e. The van der Waals surface area contributed by atoms with E-state index in [1.54, 1.807) is 10.8 Å². The quantitative estimate of drug-likeness (QED) is 0.517. The van der Waals surface area contributed by atoms with Crippen LogP contribution in [0.5, 0.6) is 11.8 Å². The van der Waals surface area contributed by atoms with E-state index in [0.29, 0.717) is 5.75 Å². The molecule has 0 bridgehead atoms. The lowest BCUT2D eigenvalue weighted by Crippen LogP contribution is -2.27. The van der Waals surface area contributed by atoms with Gasteiger partial charge in [0.25, 0.3) is 5.91 Å². The molecule has 32 heavy (non-hydrogen) atoms. The Morgan fingerprint density at radius 1 is 1.22 bits per heavy atom. The van der Waals surface area contributed by atoms with E-state index >= 15 is 0 Å². The predicted octanol–water partition coefficient (Wildman–Crippen LogP) is 4.17. The van der Waals surface area contributed by atoms with Crippen LogP contribution >= 0.6 is 0 Å². The highest BCUT2D eigenvalue weighted by molar-refractivity contribution is 7.92. The van der Waals surface area contributed by atoms with Crippen molar-refractivity contribution in [3.8, 4) is 11.8 Å². The Balaban J connectivity index is 1.69. The average Bonchev–Trinajstić information content (AvgIpc) is 3.18. The molecule has 1 atom stereocenters. The molecule has 0 fully saturated rings. The summed E-state index contributed by atoms with van der Waals surface area (Å²) in [4.78, 5) is 16.4. The second kappa shape index (κ2) is 9.35. The van der Waals surface area contributed by atoms with Gasteiger partial charge in [0, 0.05) is 0 Å². The van der Waals surface area contributed by atoms with Crippen LogP contribution in [0, 0.1) is 11.6 Å². The van der Waals surface area contributed by atoms with Gasteiger partial charge in [-0.15, -0.1) is 0 Å². The van der Waals surface area contributed by atoms with E-state index in [1.807, 2.05) is 25.1 Å². The number of sulfonamides is 1. The third-order valence-corrected chi connectivity index (χ3v) is 5.00. The molecule has 1 aromatic heterocycles. The molecule has 2 aromatic carbocycles. The molecule has 3 aromatic rings. The van der Waals surface area contributed by atoms with Gasteiger partial charge in [0.05, 0.1) is 12.3 Å². The number of rotatable bonds is 8. The van der Waals surface area contributed by atoms with Crippen molar-refractivity contribution in [2.24, 2.45) is 0 Å². The number of aryl methyl sites for hydroxylation is 1. The van der Waals surface area contributed by atoms with Gasteiger partial charge in [0.1, 0.15) is 17.7 Å². The lowest BCUT2D eigenvalue weighted by Gasteiger charge is -2.15. The van der Waals surface area contributed by atoms with Crippen molar-refractivity contribution in [3.05, 3.63) is 71.1 Å². The van der Waals surface area contributed by atoms with E-state index in [1.165, 1.54) is 6.92 Å². The second-order valence-electron chi connectivity index (χ2n) is 7.03. The van der Waals surface area contributed by atoms with Crippen LogP contribution in [0.15, 0.2) is 47.1 Å². The topological polar surface area (TPSA) is 111 Å². The van der Waals surface area contributed by atoms with E-state index < -0.39 is 39.3 Å². The lowest BCUT2D eigenvalue weighted by atomic mass is 10.1. The maximum absolute atomic E-state index is 14.2. The molecular weight excluding hydrogens is 444 g/mol. The first-order valence-corrected chi connectivity index (χ1v) is 11.4. The van der Waals surface area contributed by atoms with E-state index in [9.17, 15) is 22.0 Å². The van der Waals surface area contributed by atoms with Crippen molar-refractivity contribution in [2.75, 3.05) is 11.0 Å². The third kappa shape index (κ3) is 5.82. The highest BCUT2D eigenvalue weighted by Gasteiger charge is 2.20. The minimum atomic E-state index is -3.87. The summed E-state index contributed by atoms with van der Waals surface area (Å²) >= 11 is 0. The van der Waals surface area contributed by atoms with Gasteiger partial charge in [0.15, 0.2) is 17.3 Å². The molecule has 0 radical (unpaired) electrons.